The third-order valence-corrected chi connectivity index (χ3v) is 11.8. The summed E-state index contributed by atoms with van der Waals surface area (Å²) >= 11 is 0. The third kappa shape index (κ3) is 10.9. The van der Waals surface area contributed by atoms with E-state index in [9.17, 15) is 9.59 Å². The summed E-state index contributed by atoms with van der Waals surface area (Å²) < 4.78 is 0. The third-order valence-electron chi connectivity index (χ3n) is 6.91. The fourth-order valence-corrected chi connectivity index (χ4v) is 9.41. The monoisotopic (exact) mass is 827 g/mol. The Hall–Kier alpha value is -4.31. The van der Waals surface area contributed by atoms with Gasteiger partial charge in [0, 0.05) is 21.1 Å². The summed E-state index contributed by atoms with van der Waals surface area (Å²) in [5.41, 5.74) is 0. The average Bonchev–Trinajstić information content (AvgIpc) is 3.13. The van der Waals surface area contributed by atoms with E-state index >= 15 is 0 Å². The molecule has 0 heterocycles. The van der Waals surface area contributed by atoms with Gasteiger partial charge in [0.05, 0.1) is 0 Å². The molecule has 1 aliphatic rings. The first kappa shape index (κ1) is 35.5. The Balaban J connectivity index is 0.000000171. The Morgan fingerprint density at radius 1 is 0.255 bits per heavy atom. The van der Waals surface area contributed by atoms with Crippen molar-refractivity contribution in [1.29, 1.82) is 0 Å². The molecule has 0 bridgehead atoms. The van der Waals surface area contributed by atoms with Gasteiger partial charge >= 0.3 is 0 Å². The number of allylic oxidation sites excluding steroid dienone is 4. The van der Waals surface area contributed by atoms with Gasteiger partial charge < -0.3 is 0 Å². The molecule has 47 heavy (non-hydrogen) atoms. The Morgan fingerprint density at radius 3 is 0.553 bits per heavy atom. The molecule has 6 aromatic carbocycles. The van der Waals surface area contributed by atoms with Crippen LogP contribution in [0.4, 0.5) is 0 Å². The van der Waals surface area contributed by atoms with E-state index in [1.54, 1.807) is 0 Å². The molecule has 0 fully saturated rings. The topological polar surface area (TPSA) is 34.1 Å². The van der Waals surface area contributed by atoms with Gasteiger partial charge in [-0.05, 0) is 72.0 Å². The van der Waals surface area contributed by atoms with Crippen molar-refractivity contribution in [2.24, 2.45) is 0 Å². The van der Waals surface area contributed by atoms with Crippen molar-refractivity contribution >= 4 is 59.2 Å². The maximum absolute atomic E-state index is 10.3. The second-order valence-corrected chi connectivity index (χ2v) is 14.6. The molecule has 7 rings (SSSR count). The maximum Gasteiger partial charge on any atom is 0.178 e. The molecule has 234 valence electrons. The van der Waals surface area contributed by atoms with E-state index in [1.807, 2.05) is 0 Å². The molecule has 0 unspecified atom stereocenters. The molecule has 0 spiro atoms. The molecule has 0 amide bonds. The van der Waals surface area contributed by atoms with Gasteiger partial charge in [-0.25, -0.2) is 0 Å². The van der Waals surface area contributed by atoms with Gasteiger partial charge in [0.1, 0.15) is 0 Å². The fourth-order valence-electron chi connectivity index (χ4n) is 4.80. The first-order valence-corrected chi connectivity index (χ1v) is 17.7. The van der Waals surface area contributed by atoms with Crippen LogP contribution in [-0.4, -0.2) is 11.6 Å². The molecule has 2 nitrogen and oxygen atoms in total. The Morgan fingerprint density at radius 2 is 0.404 bits per heavy atom. The van der Waals surface area contributed by atoms with Gasteiger partial charge in [-0.2, -0.15) is 0 Å². The molecule has 0 saturated heterocycles. The number of hydrogen-bond acceptors (Lipinski definition) is 2. The largest absolute Gasteiger partial charge is 0.290 e. The van der Waals surface area contributed by atoms with Crippen LogP contribution in [0.25, 0.3) is 0 Å². The van der Waals surface area contributed by atoms with Crippen LogP contribution < -0.4 is 31.8 Å². The number of carbonyl (C=O) groups excluding carboxylic acids is 2. The van der Waals surface area contributed by atoms with Crippen LogP contribution >= 0.6 is 15.8 Å². The van der Waals surface area contributed by atoms with E-state index in [1.165, 1.54) is 56.1 Å². The van der Waals surface area contributed by atoms with E-state index in [2.05, 4.69) is 182 Å². The summed E-state index contributed by atoms with van der Waals surface area (Å²) in [4.78, 5) is 20.6. The van der Waals surface area contributed by atoms with Gasteiger partial charge in [0.15, 0.2) is 11.6 Å². The second-order valence-electron chi connectivity index (χ2n) is 10.2. The fraction of sp³-hybridized carbons (Fsp3) is 0. The van der Waals surface area contributed by atoms with Crippen LogP contribution in [0.3, 0.4) is 0 Å². The predicted octanol–water partition coefficient (Wildman–Crippen LogP) is 7.14. The molecular formula is C42H34O2P2Pt. The Kier molecular flexibility index (Phi) is 14.6. The van der Waals surface area contributed by atoms with Crippen molar-refractivity contribution in [3.63, 3.8) is 0 Å². The summed E-state index contributed by atoms with van der Waals surface area (Å²) in [5.74, 6) is -0.241. The zero-order valence-corrected chi connectivity index (χ0v) is 29.7. The summed E-state index contributed by atoms with van der Waals surface area (Å²) in [5, 5.41) is 8.39. The van der Waals surface area contributed by atoms with E-state index in [-0.39, 0.29) is 32.6 Å². The normalized spacial score (nSPS) is 11.5. The number of rotatable bonds is 6. The van der Waals surface area contributed by atoms with Gasteiger partial charge in [-0.1, -0.05) is 182 Å². The van der Waals surface area contributed by atoms with Crippen LogP contribution in [0.2, 0.25) is 0 Å². The molecule has 0 radical (unpaired) electrons. The number of ketones is 2. The van der Waals surface area contributed by atoms with Crippen molar-refractivity contribution in [3.8, 4) is 0 Å². The van der Waals surface area contributed by atoms with E-state index < -0.39 is 15.8 Å². The zero-order valence-electron chi connectivity index (χ0n) is 25.7. The van der Waals surface area contributed by atoms with Crippen molar-refractivity contribution in [1.82, 2.24) is 0 Å². The standard InChI is InChI=1S/2C18H15P.C6H4O2.Pt/c2*1-4-10-16(11-5-1)19(17-12-6-2-7-13-17)18-14-8-3-9-15-18;7-5-1-2-6(8)4-3-5;/h2*1-15H;1-4H;. The SMILES string of the molecule is O=C1C=CC(=O)C=C1.[Pt].c1ccc(P(c2ccccc2)c2ccccc2)cc1.c1ccc(P(c2ccccc2)c2ccccc2)cc1. The first-order chi connectivity index (χ1) is 22.7. The van der Waals surface area contributed by atoms with Crippen LogP contribution in [0.5, 0.6) is 0 Å². The summed E-state index contributed by atoms with van der Waals surface area (Å²) in [6.07, 6.45) is 5.01. The van der Waals surface area contributed by atoms with Crippen molar-refractivity contribution < 1.29 is 30.7 Å². The second kappa shape index (κ2) is 19.4. The van der Waals surface area contributed by atoms with Gasteiger partial charge in [-0.3, -0.25) is 9.59 Å². The van der Waals surface area contributed by atoms with E-state index in [0.29, 0.717) is 0 Å². The summed E-state index contributed by atoms with van der Waals surface area (Å²) in [6.45, 7) is 0. The molecule has 0 N–H and O–H groups in total. The molecule has 0 saturated carbocycles. The Labute approximate surface area is 294 Å². The number of carbonyl (C=O) groups is 2. The Bertz CT molecular complexity index is 1500. The van der Waals surface area contributed by atoms with Crippen LogP contribution in [0.15, 0.2) is 206 Å². The minimum absolute atomic E-state index is 0. The molecule has 5 heteroatoms. The smallest absolute Gasteiger partial charge is 0.178 e. The minimum atomic E-state index is -0.446. The van der Waals surface area contributed by atoms with Crippen LogP contribution in [0.1, 0.15) is 0 Å². The van der Waals surface area contributed by atoms with Crippen LogP contribution in [-0.2, 0) is 30.7 Å². The summed E-state index contributed by atoms with van der Waals surface area (Å²) in [7, 11) is -0.892. The average molecular weight is 828 g/mol. The number of benzene rings is 6. The maximum atomic E-state index is 10.3. The van der Waals surface area contributed by atoms with Gasteiger partial charge in [0.2, 0.25) is 0 Å². The summed E-state index contributed by atoms with van der Waals surface area (Å²) in [6, 6.07) is 64.7. The van der Waals surface area contributed by atoms with Gasteiger partial charge in [-0.15, -0.1) is 0 Å². The molecule has 6 aromatic rings. The van der Waals surface area contributed by atoms with Gasteiger partial charge in [0.25, 0.3) is 0 Å². The predicted molar refractivity (Wildman–Crippen MR) is 199 cm³/mol. The first-order valence-electron chi connectivity index (χ1n) is 15.0. The molecule has 1 aliphatic carbocycles. The molecule has 0 aromatic heterocycles. The van der Waals surface area contributed by atoms with E-state index in [4.69, 9.17) is 0 Å². The zero-order chi connectivity index (χ0) is 31.8. The quantitative estimate of drug-likeness (QED) is 0.132. The molecule has 0 atom stereocenters. The van der Waals surface area contributed by atoms with E-state index in [0.717, 1.165) is 0 Å². The van der Waals surface area contributed by atoms with Crippen molar-refractivity contribution in [2.75, 3.05) is 0 Å². The minimum Gasteiger partial charge on any atom is -0.290 e. The van der Waals surface area contributed by atoms with Crippen LogP contribution in [0, 0.1) is 0 Å². The van der Waals surface area contributed by atoms with Crippen molar-refractivity contribution in [2.45, 2.75) is 0 Å². The molecular weight excluding hydrogens is 793 g/mol. The number of hydrogen-bond donors (Lipinski definition) is 0. The van der Waals surface area contributed by atoms with Crippen molar-refractivity contribution in [3.05, 3.63) is 206 Å². The molecule has 0 aliphatic heterocycles.